The maximum Gasteiger partial charge on any atom is 0.251 e. The van der Waals surface area contributed by atoms with Gasteiger partial charge in [-0.25, -0.2) is 0 Å². The molecule has 0 bridgehead atoms. The summed E-state index contributed by atoms with van der Waals surface area (Å²) in [5.74, 6) is -0.0651. The molecule has 0 saturated carbocycles. The van der Waals surface area contributed by atoms with Crippen LogP contribution in [-0.4, -0.2) is 28.7 Å². The Morgan fingerprint density at radius 2 is 2.07 bits per heavy atom. The van der Waals surface area contributed by atoms with E-state index in [1.54, 1.807) is 0 Å². The molecular weight excluding hydrogens is 372 g/mol. The van der Waals surface area contributed by atoms with Gasteiger partial charge in [-0.3, -0.25) is 9.89 Å². The van der Waals surface area contributed by atoms with Gasteiger partial charge in [0.1, 0.15) is 0 Å². The van der Waals surface area contributed by atoms with Gasteiger partial charge in [0.25, 0.3) is 5.91 Å². The van der Waals surface area contributed by atoms with Gasteiger partial charge in [0.2, 0.25) is 0 Å². The monoisotopic (exact) mass is 396 g/mol. The second-order valence-electron chi connectivity index (χ2n) is 7.83. The summed E-state index contributed by atoms with van der Waals surface area (Å²) in [6.07, 6.45) is 8.42. The van der Waals surface area contributed by atoms with E-state index in [-0.39, 0.29) is 11.9 Å². The Morgan fingerprint density at radius 3 is 2.97 bits per heavy atom. The third kappa shape index (κ3) is 3.27. The molecule has 5 nitrogen and oxygen atoms in total. The minimum absolute atomic E-state index is 0.0651. The van der Waals surface area contributed by atoms with Crippen molar-refractivity contribution in [3.63, 3.8) is 0 Å². The van der Waals surface area contributed by atoms with Crippen LogP contribution in [0.3, 0.4) is 0 Å². The molecule has 2 aliphatic carbocycles. The summed E-state index contributed by atoms with van der Waals surface area (Å²) < 4.78 is 0. The number of nitrogens with two attached hydrogens (primary N) is 1. The fourth-order valence-corrected chi connectivity index (χ4v) is 4.47. The van der Waals surface area contributed by atoms with Crippen molar-refractivity contribution >= 4 is 22.8 Å². The van der Waals surface area contributed by atoms with Gasteiger partial charge >= 0.3 is 0 Å². The molecule has 1 amide bonds. The van der Waals surface area contributed by atoms with Crippen molar-refractivity contribution in [3.05, 3.63) is 83.2 Å². The van der Waals surface area contributed by atoms with Gasteiger partial charge in [-0.2, -0.15) is 5.10 Å². The SMILES string of the molecule is NC[C@H](Cc1cccc2ccccc12)NC(=O)c1cc2c[nH]nc3c-2c1CCC=C3. The number of allylic oxidation sites excluding steroid dienone is 1. The van der Waals surface area contributed by atoms with E-state index in [2.05, 4.69) is 51.9 Å². The summed E-state index contributed by atoms with van der Waals surface area (Å²) in [5.41, 5.74) is 12.0. The lowest BCUT2D eigenvalue weighted by Crippen LogP contribution is -2.41. The maximum atomic E-state index is 13.2. The highest BCUT2D eigenvalue weighted by atomic mass is 16.1. The van der Waals surface area contributed by atoms with E-state index in [1.807, 2.05) is 30.5 Å². The van der Waals surface area contributed by atoms with Gasteiger partial charge in [0, 0.05) is 35.5 Å². The summed E-state index contributed by atoms with van der Waals surface area (Å²) in [6, 6.07) is 16.4. The van der Waals surface area contributed by atoms with Gasteiger partial charge in [-0.05, 0) is 53.3 Å². The average molecular weight is 396 g/mol. The van der Waals surface area contributed by atoms with Crippen molar-refractivity contribution in [2.24, 2.45) is 5.73 Å². The second-order valence-corrected chi connectivity index (χ2v) is 7.83. The standard InChI is InChI=1S/C25H24N4O/c26-14-19(12-17-8-5-7-16-6-1-2-9-20(16)17)28-25(30)22-13-18-15-27-29-23-11-4-3-10-21(22)24(18)23/h1-2,4-9,11,13,15,19,27H,3,10,12,14,26H2,(H,28,30)/t19-/m0/s1. The number of amides is 1. The first-order chi connectivity index (χ1) is 14.7. The number of aromatic nitrogens is 2. The number of hydrogen-bond acceptors (Lipinski definition) is 3. The molecule has 0 fully saturated rings. The molecule has 5 rings (SSSR count). The third-order valence-corrected chi connectivity index (χ3v) is 5.92. The van der Waals surface area contributed by atoms with E-state index in [0.29, 0.717) is 13.0 Å². The number of nitrogens with one attached hydrogen (secondary N) is 2. The van der Waals surface area contributed by atoms with Crippen LogP contribution < -0.4 is 11.1 Å². The van der Waals surface area contributed by atoms with E-state index < -0.39 is 0 Å². The Balaban J connectivity index is 1.43. The number of aromatic amines is 1. The molecule has 0 aromatic heterocycles. The van der Waals surface area contributed by atoms with Crippen LogP contribution in [0, 0.1) is 0 Å². The smallest absolute Gasteiger partial charge is 0.251 e. The molecule has 150 valence electrons. The number of carbonyl (C=O) groups is 1. The number of hydrogen-bond donors (Lipinski definition) is 3. The van der Waals surface area contributed by atoms with Crippen LogP contribution in [0.25, 0.3) is 28.0 Å². The Morgan fingerprint density at radius 1 is 1.20 bits per heavy atom. The van der Waals surface area contributed by atoms with Crippen LogP contribution in [0.5, 0.6) is 0 Å². The van der Waals surface area contributed by atoms with Gasteiger partial charge in [-0.1, -0.05) is 48.5 Å². The summed E-state index contributed by atoms with van der Waals surface area (Å²) in [6.45, 7) is 0.382. The molecule has 0 unspecified atom stereocenters. The lowest BCUT2D eigenvalue weighted by Gasteiger charge is -2.18. The van der Waals surface area contributed by atoms with Gasteiger partial charge in [0.15, 0.2) is 0 Å². The molecular formula is C25H24N4O. The highest BCUT2D eigenvalue weighted by molar-refractivity contribution is 6.01. The van der Waals surface area contributed by atoms with Crippen LogP contribution >= 0.6 is 0 Å². The van der Waals surface area contributed by atoms with E-state index >= 15 is 0 Å². The average Bonchev–Trinajstić information content (AvgIpc) is 3.01. The largest absolute Gasteiger partial charge is 0.348 e. The van der Waals surface area contributed by atoms with Crippen LogP contribution in [0.2, 0.25) is 0 Å². The molecule has 1 aliphatic heterocycles. The van der Waals surface area contributed by atoms with Gasteiger partial charge in [-0.15, -0.1) is 0 Å². The Labute approximate surface area is 175 Å². The molecule has 4 N–H and O–H groups in total. The predicted octanol–water partition coefficient (Wildman–Crippen LogP) is 3.93. The zero-order valence-corrected chi connectivity index (χ0v) is 16.7. The number of fused-ring (bicyclic) bond motifs is 1. The van der Waals surface area contributed by atoms with E-state index in [1.165, 1.54) is 16.3 Å². The number of rotatable bonds is 5. The number of carbonyl (C=O) groups excluding carboxylic acids is 1. The van der Waals surface area contributed by atoms with Crippen molar-refractivity contribution in [1.82, 2.24) is 15.5 Å². The molecule has 0 radical (unpaired) electrons. The number of H-pyrrole nitrogens is 1. The molecule has 2 aromatic rings. The predicted molar refractivity (Wildman–Crippen MR) is 121 cm³/mol. The fraction of sp³-hybridized carbons (Fsp3) is 0.200. The Hall–Kier alpha value is -3.44. The quantitative estimate of drug-likeness (QED) is 0.478. The van der Waals surface area contributed by atoms with Crippen LogP contribution in [0.15, 0.2) is 60.8 Å². The van der Waals surface area contributed by atoms with Crippen molar-refractivity contribution < 1.29 is 4.79 Å². The molecule has 2 aromatic carbocycles. The van der Waals surface area contributed by atoms with Crippen molar-refractivity contribution in [1.29, 1.82) is 0 Å². The first-order valence-corrected chi connectivity index (χ1v) is 10.4. The molecule has 1 atom stereocenters. The van der Waals surface area contributed by atoms with Crippen molar-refractivity contribution in [2.75, 3.05) is 6.54 Å². The molecule has 1 heterocycles. The van der Waals surface area contributed by atoms with E-state index in [9.17, 15) is 4.79 Å². The lowest BCUT2D eigenvalue weighted by molar-refractivity contribution is 0.0937. The first kappa shape index (κ1) is 18.6. The summed E-state index contributed by atoms with van der Waals surface area (Å²) in [5, 5.41) is 12.9. The maximum absolute atomic E-state index is 13.2. The van der Waals surface area contributed by atoms with Gasteiger partial charge < -0.3 is 11.1 Å². The van der Waals surface area contributed by atoms with Gasteiger partial charge in [0.05, 0.1) is 5.69 Å². The molecule has 3 aliphatic rings. The molecule has 30 heavy (non-hydrogen) atoms. The van der Waals surface area contributed by atoms with E-state index in [4.69, 9.17) is 5.73 Å². The van der Waals surface area contributed by atoms with Crippen LogP contribution in [-0.2, 0) is 12.8 Å². The normalized spacial score (nSPS) is 14.0. The zero-order chi connectivity index (χ0) is 20.5. The minimum atomic E-state index is -0.137. The first-order valence-electron chi connectivity index (χ1n) is 10.4. The minimum Gasteiger partial charge on any atom is -0.348 e. The highest BCUT2D eigenvalue weighted by Gasteiger charge is 2.25. The van der Waals surface area contributed by atoms with Crippen molar-refractivity contribution in [2.45, 2.75) is 25.3 Å². The lowest BCUT2D eigenvalue weighted by atomic mass is 9.98. The summed E-state index contributed by atoms with van der Waals surface area (Å²) in [7, 11) is 0. The number of nitrogens with zero attached hydrogens (tertiary/aromatic N) is 1. The Kier molecular flexibility index (Phi) is 4.81. The molecule has 5 heteroatoms. The third-order valence-electron chi connectivity index (χ3n) is 5.92. The fourth-order valence-electron chi connectivity index (χ4n) is 4.47. The van der Waals surface area contributed by atoms with E-state index in [0.717, 1.165) is 40.8 Å². The summed E-state index contributed by atoms with van der Waals surface area (Å²) >= 11 is 0. The highest BCUT2D eigenvalue weighted by Crippen LogP contribution is 2.36. The summed E-state index contributed by atoms with van der Waals surface area (Å²) in [4.78, 5) is 13.2. The van der Waals surface area contributed by atoms with Crippen molar-refractivity contribution in [3.8, 4) is 11.1 Å². The molecule has 0 spiro atoms. The topological polar surface area (TPSA) is 83.8 Å². The zero-order valence-electron chi connectivity index (χ0n) is 16.7. The number of benzene rings is 2. The second kappa shape index (κ2) is 7.76. The Bertz CT molecular complexity index is 1220. The molecule has 0 saturated heterocycles. The van der Waals surface area contributed by atoms with Crippen LogP contribution in [0.1, 0.15) is 33.6 Å². The van der Waals surface area contributed by atoms with Crippen LogP contribution in [0.4, 0.5) is 0 Å².